The van der Waals surface area contributed by atoms with Crippen LogP contribution in [0, 0.1) is 0 Å². The average Bonchev–Trinajstić information content (AvgIpc) is 3.15. The van der Waals surface area contributed by atoms with E-state index in [1.165, 1.54) is 0 Å². The summed E-state index contributed by atoms with van der Waals surface area (Å²) in [7, 11) is 0. The fraction of sp³-hybridized carbons (Fsp3) is 0.342. The number of hydrogen-bond acceptors (Lipinski definition) is 5. The van der Waals surface area contributed by atoms with Crippen molar-refractivity contribution in [1.29, 1.82) is 0 Å². The summed E-state index contributed by atoms with van der Waals surface area (Å²) in [6, 6.07) is 25.1. The Hall–Kier alpha value is -4.07. The Bertz CT molecular complexity index is 1820. The maximum absolute atomic E-state index is 15.5. The molecular formula is C38H41Cl2N5O2. The van der Waals surface area contributed by atoms with E-state index >= 15 is 4.79 Å². The predicted molar refractivity (Wildman–Crippen MR) is 192 cm³/mol. The van der Waals surface area contributed by atoms with Crippen LogP contribution in [0.1, 0.15) is 70.3 Å². The molecule has 0 unspecified atom stereocenters. The third kappa shape index (κ3) is 5.74. The van der Waals surface area contributed by atoms with Gasteiger partial charge in [-0.05, 0) is 74.7 Å². The number of ether oxygens (including phenoxy) is 1. The summed E-state index contributed by atoms with van der Waals surface area (Å²) >= 11 is 12.8. The SMILES string of the molecule is CCOc1cc(C(C)(C)C)ncc1C1=N[C@](C)(c2ccc(Cl)cc2)[C@@](C)(c2ccc(Cl)cc2)N1C(=O)N1CCCNc2ccccc21. The summed E-state index contributed by atoms with van der Waals surface area (Å²) in [6.45, 7) is 14.2. The number of pyridine rings is 1. The number of fused-ring (bicyclic) bond motifs is 1. The highest BCUT2D eigenvalue weighted by molar-refractivity contribution is 6.30. The smallest absolute Gasteiger partial charge is 0.331 e. The lowest BCUT2D eigenvalue weighted by Gasteiger charge is -2.46. The van der Waals surface area contributed by atoms with Crippen LogP contribution in [-0.4, -0.2) is 41.4 Å². The minimum absolute atomic E-state index is 0.197. The monoisotopic (exact) mass is 669 g/mol. The number of aromatic nitrogens is 1. The first-order valence-electron chi connectivity index (χ1n) is 16.1. The molecule has 0 saturated heterocycles. The minimum atomic E-state index is -1.03. The molecular weight excluding hydrogens is 629 g/mol. The number of rotatable bonds is 5. The molecule has 4 aromatic rings. The molecule has 3 heterocycles. The Morgan fingerprint density at radius 1 is 0.957 bits per heavy atom. The van der Waals surface area contributed by atoms with Crippen LogP contribution in [0.25, 0.3) is 0 Å². The number of para-hydroxylation sites is 2. The fourth-order valence-electron chi connectivity index (χ4n) is 6.62. The molecule has 47 heavy (non-hydrogen) atoms. The van der Waals surface area contributed by atoms with Gasteiger partial charge in [0.15, 0.2) is 0 Å². The van der Waals surface area contributed by atoms with Gasteiger partial charge in [-0.2, -0.15) is 0 Å². The van der Waals surface area contributed by atoms with Crippen molar-refractivity contribution < 1.29 is 9.53 Å². The zero-order valence-corrected chi connectivity index (χ0v) is 29.3. The summed E-state index contributed by atoms with van der Waals surface area (Å²) in [5.41, 5.74) is 2.84. The molecule has 2 amide bonds. The Labute approximate surface area is 287 Å². The first kappa shape index (κ1) is 32.9. The number of aliphatic imine (C=N–C) groups is 1. The number of amidine groups is 1. The van der Waals surface area contributed by atoms with Gasteiger partial charge in [-0.1, -0.05) is 80.4 Å². The molecule has 0 spiro atoms. The summed E-state index contributed by atoms with van der Waals surface area (Å²) in [4.78, 5) is 29.6. The van der Waals surface area contributed by atoms with Crippen molar-refractivity contribution in [3.05, 3.63) is 117 Å². The summed E-state index contributed by atoms with van der Waals surface area (Å²) < 4.78 is 6.30. The summed E-state index contributed by atoms with van der Waals surface area (Å²) in [5.74, 6) is 1.11. The number of amides is 2. The molecule has 7 nitrogen and oxygen atoms in total. The molecule has 3 aromatic carbocycles. The van der Waals surface area contributed by atoms with Gasteiger partial charge in [0.1, 0.15) is 22.7 Å². The highest BCUT2D eigenvalue weighted by Crippen LogP contribution is 2.54. The number of carbonyl (C=O) groups excluding carboxylic acids is 1. The molecule has 0 saturated carbocycles. The van der Waals surface area contributed by atoms with Crippen molar-refractivity contribution in [3.63, 3.8) is 0 Å². The molecule has 0 bridgehead atoms. The van der Waals surface area contributed by atoms with Crippen molar-refractivity contribution in [3.8, 4) is 5.75 Å². The van der Waals surface area contributed by atoms with Gasteiger partial charge in [0, 0.05) is 46.5 Å². The zero-order valence-electron chi connectivity index (χ0n) is 27.8. The second-order valence-corrected chi connectivity index (χ2v) is 14.3. The first-order valence-corrected chi connectivity index (χ1v) is 16.8. The molecule has 1 aromatic heterocycles. The molecule has 1 N–H and O–H groups in total. The zero-order chi connectivity index (χ0) is 33.6. The maximum Gasteiger partial charge on any atom is 0.331 e. The molecule has 2 atom stereocenters. The van der Waals surface area contributed by atoms with Crippen LogP contribution >= 0.6 is 23.2 Å². The highest BCUT2D eigenvalue weighted by atomic mass is 35.5. The normalized spacial score (nSPS) is 21.1. The van der Waals surface area contributed by atoms with Gasteiger partial charge in [0.2, 0.25) is 0 Å². The number of nitrogens with one attached hydrogen (secondary N) is 1. The van der Waals surface area contributed by atoms with E-state index in [1.807, 2.05) is 95.6 Å². The Kier molecular flexibility index (Phi) is 8.75. The van der Waals surface area contributed by atoms with Gasteiger partial charge in [0.25, 0.3) is 0 Å². The van der Waals surface area contributed by atoms with Crippen molar-refractivity contribution >= 4 is 46.4 Å². The number of anilines is 2. The lowest BCUT2D eigenvalue weighted by molar-refractivity contribution is 0.139. The van der Waals surface area contributed by atoms with Gasteiger partial charge >= 0.3 is 6.03 Å². The number of hydrogen-bond donors (Lipinski definition) is 1. The number of halogens is 2. The Morgan fingerprint density at radius 2 is 1.60 bits per heavy atom. The van der Waals surface area contributed by atoms with Gasteiger partial charge in [-0.15, -0.1) is 0 Å². The van der Waals surface area contributed by atoms with Crippen LogP contribution in [0.5, 0.6) is 5.75 Å². The topological polar surface area (TPSA) is 70.1 Å². The van der Waals surface area contributed by atoms with E-state index < -0.39 is 11.1 Å². The molecule has 9 heteroatoms. The quantitative estimate of drug-likeness (QED) is 0.230. The van der Waals surface area contributed by atoms with Crippen LogP contribution < -0.4 is 15.0 Å². The van der Waals surface area contributed by atoms with Crippen LogP contribution in [0.4, 0.5) is 16.2 Å². The molecule has 2 aliphatic rings. The second kappa shape index (κ2) is 12.5. The van der Waals surface area contributed by atoms with Crippen LogP contribution in [0.2, 0.25) is 10.0 Å². The van der Waals surface area contributed by atoms with E-state index in [0.717, 1.165) is 41.2 Å². The summed E-state index contributed by atoms with van der Waals surface area (Å²) in [6.07, 6.45) is 2.58. The third-order valence-corrected chi connectivity index (χ3v) is 9.92. The van der Waals surface area contributed by atoms with Crippen molar-refractivity contribution in [2.75, 3.05) is 29.9 Å². The van der Waals surface area contributed by atoms with E-state index in [9.17, 15) is 0 Å². The number of carbonyl (C=O) groups is 1. The van der Waals surface area contributed by atoms with E-state index in [1.54, 1.807) is 6.20 Å². The lowest BCUT2D eigenvalue weighted by atomic mass is 9.71. The van der Waals surface area contributed by atoms with E-state index in [0.29, 0.717) is 40.3 Å². The average molecular weight is 671 g/mol. The number of nitrogens with zero attached hydrogens (tertiary/aromatic N) is 4. The standard InChI is InChI=1S/C38H41Cl2N5O2/c1-7-47-32-23-33(36(2,3)4)42-24-29(32)34-43-37(5,25-13-17-27(39)18-14-25)38(6,26-15-19-28(40)20-16-26)45(34)35(46)44-22-10-21-41-30-11-8-9-12-31(30)44/h8-9,11-20,23-24,41H,7,10,21-22H2,1-6H3/t37-,38-/m1/s1. The van der Waals surface area contributed by atoms with Crippen molar-refractivity contribution in [2.45, 2.75) is 64.5 Å². The molecule has 0 radical (unpaired) electrons. The minimum Gasteiger partial charge on any atom is -0.493 e. The summed E-state index contributed by atoms with van der Waals surface area (Å²) in [5, 5.41) is 4.72. The maximum atomic E-state index is 15.5. The van der Waals surface area contributed by atoms with Crippen LogP contribution in [0.3, 0.4) is 0 Å². The largest absolute Gasteiger partial charge is 0.493 e. The van der Waals surface area contributed by atoms with Crippen LogP contribution in [0.15, 0.2) is 90.1 Å². The third-order valence-electron chi connectivity index (χ3n) is 9.42. The lowest BCUT2D eigenvalue weighted by Crippen LogP contribution is -2.58. The number of benzene rings is 3. The molecule has 6 rings (SSSR count). The van der Waals surface area contributed by atoms with E-state index in [2.05, 4.69) is 39.9 Å². The van der Waals surface area contributed by atoms with Crippen molar-refractivity contribution in [2.24, 2.45) is 4.99 Å². The van der Waals surface area contributed by atoms with Crippen molar-refractivity contribution in [1.82, 2.24) is 9.88 Å². The van der Waals surface area contributed by atoms with Gasteiger partial charge in [-0.3, -0.25) is 19.8 Å². The highest BCUT2D eigenvalue weighted by Gasteiger charge is 2.60. The Balaban J connectivity index is 1.65. The molecule has 2 aliphatic heterocycles. The van der Waals surface area contributed by atoms with Gasteiger partial charge in [0.05, 0.1) is 23.5 Å². The fourth-order valence-corrected chi connectivity index (χ4v) is 6.87. The van der Waals surface area contributed by atoms with E-state index in [-0.39, 0.29) is 11.4 Å². The van der Waals surface area contributed by atoms with E-state index in [4.69, 9.17) is 37.9 Å². The van der Waals surface area contributed by atoms with Gasteiger partial charge < -0.3 is 10.1 Å². The predicted octanol–water partition coefficient (Wildman–Crippen LogP) is 9.42. The first-order chi connectivity index (χ1) is 22.4. The number of urea groups is 1. The molecule has 244 valence electrons. The van der Waals surface area contributed by atoms with Crippen LogP contribution in [-0.2, 0) is 16.5 Å². The van der Waals surface area contributed by atoms with Gasteiger partial charge in [-0.25, -0.2) is 4.79 Å². The molecule has 0 fully saturated rings. The Morgan fingerprint density at radius 3 is 2.23 bits per heavy atom. The second-order valence-electron chi connectivity index (χ2n) is 13.4. The molecule has 0 aliphatic carbocycles.